The van der Waals surface area contributed by atoms with Gasteiger partial charge in [-0.15, -0.1) is 0 Å². The molecule has 4 nitrogen and oxygen atoms in total. The summed E-state index contributed by atoms with van der Waals surface area (Å²) < 4.78 is 46.3. The molecule has 1 saturated carbocycles. The molecule has 0 N–H and O–H groups in total. The fraction of sp³-hybridized carbons (Fsp3) is 0.524. The monoisotopic (exact) mass is 393 g/mol. The van der Waals surface area contributed by atoms with Gasteiger partial charge in [-0.05, 0) is 36.3 Å². The molecule has 0 aliphatic heterocycles. The Hall–Kier alpha value is -2.31. The van der Waals surface area contributed by atoms with Crippen LogP contribution in [0.1, 0.15) is 56.6 Å². The third kappa shape index (κ3) is 4.56. The Bertz CT molecular complexity index is 802. The molecule has 3 rings (SSSR count). The standard InChI is InChI=1S/C21H26F3N3O/c1-14(2)13-28-20-25-12-17(21(22,23)24)19(26-20)27(3)18-11-7-6-10-16(18)15-8-4-5-9-15/h6-7,10-12,14-15H,4-5,8-9,13H2,1-3H3. The van der Waals surface area contributed by atoms with E-state index in [0.29, 0.717) is 12.5 Å². The van der Waals surface area contributed by atoms with Gasteiger partial charge in [0.25, 0.3) is 0 Å². The summed E-state index contributed by atoms with van der Waals surface area (Å²) >= 11 is 0. The van der Waals surface area contributed by atoms with Crippen molar-refractivity contribution in [3.8, 4) is 6.01 Å². The molecule has 1 aliphatic carbocycles. The van der Waals surface area contributed by atoms with Crippen LogP contribution in [0, 0.1) is 5.92 Å². The van der Waals surface area contributed by atoms with E-state index in [-0.39, 0.29) is 17.7 Å². The van der Waals surface area contributed by atoms with Crippen LogP contribution in [-0.4, -0.2) is 23.6 Å². The van der Waals surface area contributed by atoms with E-state index >= 15 is 0 Å². The molecule has 7 heteroatoms. The topological polar surface area (TPSA) is 38.2 Å². The smallest absolute Gasteiger partial charge is 0.421 e. The Labute approximate surface area is 163 Å². The summed E-state index contributed by atoms with van der Waals surface area (Å²) in [5.41, 5.74) is 0.945. The number of aromatic nitrogens is 2. The van der Waals surface area contributed by atoms with Gasteiger partial charge in [-0.3, -0.25) is 0 Å². The number of halogens is 3. The zero-order valence-electron chi connectivity index (χ0n) is 16.5. The van der Waals surface area contributed by atoms with E-state index in [1.54, 1.807) is 7.05 Å². The summed E-state index contributed by atoms with van der Waals surface area (Å²) in [6, 6.07) is 7.60. The third-order valence-electron chi connectivity index (χ3n) is 5.01. The Morgan fingerprint density at radius 3 is 2.50 bits per heavy atom. The van der Waals surface area contributed by atoms with Crippen molar-refractivity contribution in [2.45, 2.75) is 51.6 Å². The second kappa shape index (κ2) is 8.37. The minimum absolute atomic E-state index is 0.0399. The maximum Gasteiger partial charge on any atom is 0.421 e. The zero-order valence-corrected chi connectivity index (χ0v) is 16.5. The van der Waals surface area contributed by atoms with Gasteiger partial charge in [0.05, 0.1) is 6.61 Å². The number of rotatable bonds is 6. The molecule has 0 unspecified atom stereocenters. The van der Waals surface area contributed by atoms with Gasteiger partial charge >= 0.3 is 12.2 Å². The summed E-state index contributed by atoms with van der Waals surface area (Å²) in [4.78, 5) is 9.42. The highest BCUT2D eigenvalue weighted by Crippen LogP contribution is 2.42. The molecule has 0 saturated heterocycles. The molecular formula is C21H26F3N3O. The molecule has 28 heavy (non-hydrogen) atoms. The summed E-state index contributed by atoms with van der Waals surface area (Å²) in [6.45, 7) is 4.25. The van der Waals surface area contributed by atoms with Crippen molar-refractivity contribution < 1.29 is 17.9 Å². The number of hydrogen-bond donors (Lipinski definition) is 0. The first-order valence-electron chi connectivity index (χ1n) is 9.67. The molecule has 0 radical (unpaired) electrons. The minimum atomic E-state index is -4.55. The first-order valence-corrected chi connectivity index (χ1v) is 9.67. The Morgan fingerprint density at radius 1 is 1.18 bits per heavy atom. The van der Waals surface area contributed by atoms with Gasteiger partial charge in [-0.25, -0.2) is 4.98 Å². The molecule has 2 aromatic rings. The number of hydrogen-bond acceptors (Lipinski definition) is 4. The maximum atomic E-state index is 13.6. The maximum absolute atomic E-state index is 13.6. The Morgan fingerprint density at radius 2 is 1.86 bits per heavy atom. The first-order chi connectivity index (χ1) is 13.3. The molecule has 1 aromatic carbocycles. The van der Waals surface area contributed by atoms with Crippen LogP contribution in [0.25, 0.3) is 0 Å². The van der Waals surface area contributed by atoms with Crippen LogP contribution in [0.4, 0.5) is 24.7 Å². The number of alkyl halides is 3. The second-order valence-electron chi connectivity index (χ2n) is 7.69. The van der Waals surface area contributed by atoms with E-state index in [9.17, 15) is 13.2 Å². The normalized spacial score (nSPS) is 15.2. The minimum Gasteiger partial charge on any atom is -0.463 e. The van der Waals surface area contributed by atoms with Crippen molar-refractivity contribution in [2.24, 2.45) is 5.92 Å². The van der Waals surface area contributed by atoms with Gasteiger partial charge < -0.3 is 9.64 Å². The summed E-state index contributed by atoms with van der Waals surface area (Å²) in [7, 11) is 1.62. The van der Waals surface area contributed by atoms with Crippen LogP contribution in [0.5, 0.6) is 6.01 Å². The predicted octanol–water partition coefficient (Wildman–Crippen LogP) is 5.96. The molecule has 152 valence electrons. The number of benzene rings is 1. The summed E-state index contributed by atoms with van der Waals surface area (Å²) in [6.07, 6.45) is 0.677. The van der Waals surface area contributed by atoms with Crippen molar-refractivity contribution >= 4 is 11.5 Å². The molecule has 0 spiro atoms. The van der Waals surface area contributed by atoms with Gasteiger partial charge in [0.2, 0.25) is 0 Å². The van der Waals surface area contributed by atoms with Crippen LogP contribution in [0.3, 0.4) is 0 Å². The van der Waals surface area contributed by atoms with E-state index in [2.05, 4.69) is 9.97 Å². The first kappa shape index (κ1) is 20.4. The average Bonchev–Trinajstić information content (AvgIpc) is 3.19. The van der Waals surface area contributed by atoms with Crippen molar-refractivity contribution in [3.63, 3.8) is 0 Å². The lowest BCUT2D eigenvalue weighted by Crippen LogP contribution is -2.21. The fourth-order valence-corrected chi connectivity index (χ4v) is 3.61. The molecular weight excluding hydrogens is 367 g/mol. The van der Waals surface area contributed by atoms with Crippen LogP contribution in [0.2, 0.25) is 0 Å². The van der Waals surface area contributed by atoms with Crippen molar-refractivity contribution in [2.75, 3.05) is 18.6 Å². The largest absolute Gasteiger partial charge is 0.463 e. The van der Waals surface area contributed by atoms with Crippen LogP contribution in [-0.2, 0) is 6.18 Å². The summed E-state index contributed by atoms with van der Waals surface area (Å²) in [5.74, 6) is 0.397. The molecule has 1 fully saturated rings. The van der Waals surface area contributed by atoms with Crippen LogP contribution < -0.4 is 9.64 Å². The van der Waals surface area contributed by atoms with Gasteiger partial charge in [0, 0.05) is 18.9 Å². The van der Waals surface area contributed by atoms with Crippen molar-refractivity contribution in [1.82, 2.24) is 9.97 Å². The highest BCUT2D eigenvalue weighted by atomic mass is 19.4. The highest BCUT2D eigenvalue weighted by molar-refractivity contribution is 5.66. The molecule has 1 aromatic heterocycles. The molecule has 0 atom stereocenters. The number of para-hydroxylation sites is 1. The average molecular weight is 393 g/mol. The van der Waals surface area contributed by atoms with Gasteiger partial charge in [-0.2, -0.15) is 18.2 Å². The van der Waals surface area contributed by atoms with E-state index in [0.717, 1.165) is 43.1 Å². The number of anilines is 2. The lowest BCUT2D eigenvalue weighted by atomic mass is 9.95. The van der Waals surface area contributed by atoms with E-state index in [1.165, 1.54) is 4.90 Å². The molecule has 0 bridgehead atoms. The molecule has 0 amide bonds. The second-order valence-corrected chi connectivity index (χ2v) is 7.69. The van der Waals surface area contributed by atoms with Crippen molar-refractivity contribution in [1.29, 1.82) is 0 Å². The third-order valence-corrected chi connectivity index (χ3v) is 5.01. The zero-order chi connectivity index (χ0) is 20.3. The Kier molecular flexibility index (Phi) is 6.10. The highest BCUT2D eigenvalue weighted by Gasteiger charge is 2.37. The van der Waals surface area contributed by atoms with Gasteiger partial charge in [0.1, 0.15) is 5.56 Å². The van der Waals surface area contributed by atoms with Gasteiger partial charge in [-0.1, -0.05) is 44.9 Å². The van der Waals surface area contributed by atoms with E-state index < -0.39 is 11.7 Å². The number of nitrogens with zero attached hydrogens (tertiary/aromatic N) is 3. The summed E-state index contributed by atoms with van der Waals surface area (Å²) in [5, 5.41) is 0. The predicted molar refractivity (Wildman–Crippen MR) is 103 cm³/mol. The lowest BCUT2D eigenvalue weighted by molar-refractivity contribution is -0.137. The Balaban J connectivity index is 2.02. The molecule has 1 aliphatic rings. The SMILES string of the molecule is CC(C)COc1ncc(C(F)(F)F)c(N(C)c2ccccc2C2CCCC2)n1. The van der Waals surface area contributed by atoms with Crippen LogP contribution in [0.15, 0.2) is 30.5 Å². The van der Waals surface area contributed by atoms with Crippen molar-refractivity contribution in [3.05, 3.63) is 41.6 Å². The van der Waals surface area contributed by atoms with Crippen LogP contribution >= 0.6 is 0 Å². The number of ether oxygens (including phenoxy) is 1. The fourth-order valence-electron chi connectivity index (χ4n) is 3.61. The van der Waals surface area contributed by atoms with E-state index in [1.807, 2.05) is 38.1 Å². The molecule has 1 heterocycles. The van der Waals surface area contributed by atoms with Gasteiger partial charge in [0.15, 0.2) is 5.82 Å². The lowest BCUT2D eigenvalue weighted by Gasteiger charge is -2.26. The van der Waals surface area contributed by atoms with E-state index in [4.69, 9.17) is 4.74 Å². The quantitative estimate of drug-likeness (QED) is 0.607.